The molecule has 0 bridgehead atoms. The van der Waals surface area contributed by atoms with E-state index in [1.165, 1.54) is 26.4 Å². The molecule has 0 radical (unpaired) electrons. The van der Waals surface area contributed by atoms with E-state index in [9.17, 15) is 20.1 Å². The van der Waals surface area contributed by atoms with E-state index in [1.54, 1.807) is 36.4 Å². The Morgan fingerprint density at radius 2 is 1.58 bits per heavy atom. The molecule has 5 rings (SSSR count). The number of aromatic hydroxyl groups is 3. The SMILES string of the molecule is COc1cc([C@@H]2c3cc(O)c(O)cc3[C@@H](Nc3ccc(C#N)cc3)[C@H]3COC(=O)[C@H]23)cc(OC)c1O. The number of hydrogen-bond donors (Lipinski definition) is 4. The van der Waals surface area contributed by atoms with Crippen molar-refractivity contribution in [3.05, 3.63) is 70.8 Å². The quantitative estimate of drug-likeness (QED) is 0.312. The lowest BCUT2D eigenvalue weighted by Crippen LogP contribution is -2.37. The van der Waals surface area contributed by atoms with Crippen LogP contribution in [-0.2, 0) is 9.53 Å². The fourth-order valence-electron chi connectivity index (χ4n) is 5.30. The summed E-state index contributed by atoms with van der Waals surface area (Å²) in [7, 11) is 2.84. The molecule has 3 aromatic rings. The van der Waals surface area contributed by atoms with Gasteiger partial charge in [0.25, 0.3) is 0 Å². The van der Waals surface area contributed by atoms with Gasteiger partial charge in [0.05, 0.1) is 44.4 Å². The number of nitrogens with one attached hydrogen (secondary N) is 1. The largest absolute Gasteiger partial charge is 0.504 e. The van der Waals surface area contributed by atoms with Gasteiger partial charge in [0.1, 0.15) is 0 Å². The predicted molar refractivity (Wildman–Crippen MR) is 128 cm³/mol. The Morgan fingerprint density at radius 3 is 2.17 bits per heavy atom. The first-order valence-corrected chi connectivity index (χ1v) is 11.3. The highest BCUT2D eigenvalue weighted by Gasteiger charge is 2.52. The molecule has 1 fully saturated rings. The molecule has 0 spiro atoms. The van der Waals surface area contributed by atoms with Crippen molar-refractivity contribution in [3.63, 3.8) is 0 Å². The van der Waals surface area contributed by atoms with E-state index in [4.69, 9.17) is 19.5 Å². The van der Waals surface area contributed by atoms with Crippen LogP contribution in [0.15, 0.2) is 48.5 Å². The van der Waals surface area contributed by atoms with Crippen molar-refractivity contribution in [2.75, 3.05) is 26.1 Å². The predicted octanol–water partition coefficient (Wildman–Crippen LogP) is 3.78. The van der Waals surface area contributed by atoms with E-state index in [0.29, 0.717) is 22.3 Å². The molecule has 36 heavy (non-hydrogen) atoms. The van der Waals surface area contributed by atoms with E-state index in [1.807, 2.05) is 0 Å². The van der Waals surface area contributed by atoms with Crippen LogP contribution in [0, 0.1) is 23.2 Å². The van der Waals surface area contributed by atoms with Gasteiger partial charge in [0, 0.05) is 17.5 Å². The second-order valence-corrected chi connectivity index (χ2v) is 8.85. The third kappa shape index (κ3) is 3.67. The number of cyclic esters (lactones) is 1. The molecule has 184 valence electrons. The maximum Gasteiger partial charge on any atom is 0.310 e. The highest BCUT2D eigenvalue weighted by Crippen LogP contribution is 2.55. The number of phenols is 3. The summed E-state index contributed by atoms with van der Waals surface area (Å²) in [4.78, 5) is 13.1. The van der Waals surface area contributed by atoms with Gasteiger partial charge in [-0.25, -0.2) is 0 Å². The summed E-state index contributed by atoms with van der Waals surface area (Å²) in [5.74, 6) is -2.34. The Hall–Kier alpha value is -4.58. The number of fused-ring (bicyclic) bond motifs is 2. The fourth-order valence-corrected chi connectivity index (χ4v) is 5.30. The molecule has 1 aliphatic carbocycles. The normalized spacial score (nSPS) is 22.1. The number of benzene rings is 3. The molecule has 0 aromatic heterocycles. The van der Waals surface area contributed by atoms with E-state index >= 15 is 0 Å². The van der Waals surface area contributed by atoms with Gasteiger partial charge in [0.2, 0.25) is 5.75 Å². The molecule has 2 aliphatic rings. The highest BCUT2D eigenvalue weighted by atomic mass is 16.5. The Balaban J connectivity index is 1.69. The number of phenolic OH excluding ortho intramolecular Hbond substituents is 3. The van der Waals surface area contributed by atoms with Crippen LogP contribution in [0.25, 0.3) is 0 Å². The van der Waals surface area contributed by atoms with Gasteiger partial charge in [-0.05, 0) is 65.2 Å². The monoisotopic (exact) mass is 488 g/mol. The summed E-state index contributed by atoms with van der Waals surface area (Å²) in [5, 5.41) is 43.8. The maximum absolute atomic E-state index is 13.1. The van der Waals surface area contributed by atoms with Crippen LogP contribution in [0.1, 0.15) is 34.2 Å². The van der Waals surface area contributed by atoms with Gasteiger partial charge in [-0.15, -0.1) is 0 Å². The van der Waals surface area contributed by atoms with Gasteiger partial charge < -0.3 is 34.8 Å². The molecule has 1 heterocycles. The van der Waals surface area contributed by atoms with E-state index in [2.05, 4.69) is 11.4 Å². The summed E-state index contributed by atoms with van der Waals surface area (Å²) in [6.45, 7) is 0.154. The number of methoxy groups -OCH3 is 2. The summed E-state index contributed by atoms with van der Waals surface area (Å²) >= 11 is 0. The van der Waals surface area contributed by atoms with Crippen LogP contribution in [0.4, 0.5) is 5.69 Å². The number of carbonyl (C=O) groups excluding carboxylic acids is 1. The minimum atomic E-state index is -0.628. The Kier molecular flexibility index (Phi) is 5.72. The average molecular weight is 488 g/mol. The summed E-state index contributed by atoms with van der Waals surface area (Å²) in [5.41, 5.74) is 3.16. The number of nitriles is 1. The summed E-state index contributed by atoms with van der Waals surface area (Å²) < 4.78 is 16.2. The zero-order chi connectivity index (χ0) is 25.6. The summed E-state index contributed by atoms with van der Waals surface area (Å²) in [6.07, 6.45) is 0. The summed E-state index contributed by atoms with van der Waals surface area (Å²) in [6, 6.07) is 14.8. The number of esters is 1. The third-order valence-corrected chi connectivity index (χ3v) is 6.99. The zero-order valence-electron chi connectivity index (χ0n) is 19.6. The number of anilines is 1. The topological polar surface area (TPSA) is 141 Å². The maximum atomic E-state index is 13.1. The van der Waals surface area contributed by atoms with Crippen molar-refractivity contribution < 1.29 is 34.3 Å². The van der Waals surface area contributed by atoms with Crippen LogP contribution < -0.4 is 14.8 Å². The second-order valence-electron chi connectivity index (χ2n) is 8.85. The fraction of sp³-hybridized carbons (Fsp3) is 0.259. The molecule has 4 atom stereocenters. The molecule has 0 unspecified atom stereocenters. The molecule has 3 aromatic carbocycles. The van der Waals surface area contributed by atoms with Crippen LogP contribution in [0.5, 0.6) is 28.7 Å². The van der Waals surface area contributed by atoms with E-state index < -0.39 is 17.9 Å². The van der Waals surface area contributed by atoms with E-state index in [0.717, 1.165) is 5.69 Å². The van der Waals surface area contributed by atoms with Gasteiger partial charge in [-0.1, -0.05) is 0 Å². The lowest BCUT2D eigenvalue weighted by atomic mass is 9.65. The first-order chi connectivity index (χ1) is 17.4. The Labute approximate surface area is 207 Å². The standard InChI is InChI=1S/C27H24N2O7/c1-34-21-7-14(8-22(35-2)26(21)32)23-16-9-19(30)20(31)10-17(16)25(18-12-36-27(33)24(18)23)29-15-5-3-13(11-28)4-6-15/h3-10,18,23-25,29-32H,12H2,1-2H3/t18-,23+,24-,25+/m0/s1. The number of nitrogens with zero attached hydrogens (tertiary/aromatic N) is 1. The molecule has 1 saturated heterocycles. The van der Waals surface area contributed by atoms with Crippen molar-refractivity contribution in [3.8, 4) is 34.8 Å². The minimum Gasteiger partial charge on any atom is -0.504 e. The number of rotatable bonds is 5. The Morgan fingerprint density at radius 1 is 0.972 bits per heavy atom. The van der Waals surface area contributed by atoms with Gasteiger partial charge >= 0.3 is 5.97 Å². The average Bonchev–Trinajstić information content (AvgIpc) is 3.27. The highest BCUT2D eigenvalue weighted by molar-refractivity contribution is 5.79. The van der Waals surface area contributed by atoms with Gasteiger partial charge in [-0.2, -0.15) is 5.26 Å². The molecule has 9 heteroatoms. The van der Waals surface area contributed by atoms with Crippen LogP contribution in [0.2, 0.25) is 0 Å². The minimum absolute atomic E-state index is 0.154. The van der Waals surface area contributed by atoms with Crippen molar-refractivity contribution in [2.45, 2.75) is 12.0 Å². The van der Waals surface area contributed by atoms with E-state index in [-0.39, 0.29) is 47.2 Å². The first-order valence-electron chi connectivity index (χ1n) is 11.3. The third-order valence-electron chi connectivity index (χ3n) is 6.99. The molecular formula is C27H24N2O7. The van der Waals surface area contributed by atoms with Crippen molar-refractivity contribution in [1.82, 2.24) is 0 Å². The van der Waals surface area contributed by atoms with Crippen LogP contribution in [0.3, 0.4) is 0 Å². The van der Waals surface area contributed by atoms with Crippen molar-refractivity contribution in [1.29, 1.82) is 5.26 Å². The van der Waals surface area contributed by atoms with Crippen molar-refractivity contribution in [2.24, 2.45) is 11.8 Å². The lowest BCUT2D eigenvalue weighted by molar-refractivity contribution is -0.141. The molecule has 9 nitrogen and oxygen atoms in total. The number of carbonyl (C=O) groups is 1. The molecule has 4 N–H and O–H groups in total. The smallest absolute Gasteiger partial charge is 0.310 e. The zero-order valence-corrected chi connectivity index (χ0v) is 19.6. The molecular weight excluding hydrogens is 464 g/mol. The van der Waals surface area contributed by atoms with Gasteiger partial charge in [-0.3, -0.25) is 4.79 Å². The van der Waals surface area contributed by atoms with Crippen LogP contribution >= 0.6 is 0 Å². The molecule has 1 aliphatic heterocycles. The molecule has 0 saturated carbocycles. The second kappa shape index (κ2) is 8.89. The van der Waals surface area contributed by atoms with Crippen molar-refractivity contribution >= 4 is 11.7 Å². The number of ether oxygens (including phenoxy) is 3. The molecule has 0 amide bonds. The Bertz CT molecular complexity index is 1360. The van der Waals surface area contributed by atoms with Gasteiger partial charge in [0.15, 0.2) is 23.0 Å². The van der Waals surface area contributed by atoms with Crippen LogP contribution in [-0.4, -0.2) is 42.1 Å². The lowest BCUT2D eigenvalue weighted by Gasteiger charge is -2.40. The first kappa shape index (κ1) is 23.2. The number of hydrogen-bond acceptors (Lipinski definition) is 9.